The summed E-state index contributed by atoms with van der Waals surface area (Å²) in [4.78, 5) is 27.5. The predicted molar refractivity (Wildman–Crippen MR) is 130 cm³/mol. The van der Waals surface area contributed by atoms with Crippen LogP contribution in [-0.4, -0.2) is 57.1 Å². The lowest BCUT2D eigenvalue weighted by atomic mass is 10.0. The maximum Gasteiger partial charge on any atom is 0.251 e. The third-order valence-electron chi connectivity index (χ3n) is 6.28. The van der Waals surface area contributed by atoms with Crippen LogP contribution in [0.4, 0.5) is 5.69 Å². The highest BCUT2D eigenvalue weighted by molar-refractivity contribution is 7.94. The Hall–Kier alpha value is -2.91. The molecule has 2 aliphatic rings. The van der Waals surface area contributed by atoms with Crippen molar-refractivity contribution in [3.63, 3.8) is 0 Å². The van der Waals surface area contributed by atoms with Gasteiger partial charge in [0.05, 0.1) is 24.1 Å². The number of hydrogen-bond acceptors (Lipinski definition) is 6. The summed E-state index contributed by atoms with van der Waals surface area (Å²) < 4.78 is 30.9. The van der Waals surface area contributed by atoms with Crippen molar-refractivity contribution in [1.29, 1.82) is 0 Å². The minimum atomic E-state index is -3.68. The van der Waals surface area contributed by atoms with E-state index in [9.17, 15) is 18.0 Å². The van der Waals surface area contributed by atoms with Gasteiger partial charge in [0, 0.05) is 18.5 Å². The fraction of sp³-hybridized carbons (Fsp3) is 0.440. The van der Waals surface area contributed by atoms with Crippen molar-refractivity contribution in [2.75, 3.05) is 36.3 Å². The summed E-state index contributed by atoms with van der Waals surface area (Å²) in [7, 11) is -3.68. The number of likely N-dealkylation sites (tertiary alicyclic amines) is 1. The Morgan fingerprint density at radius 3 is 2.47 bits per heavy atom. The fourth-order valence-corrected chi connectivity index (χ4v) is 6.03. The first-order chi connectivity index (χ1) is 16.4. The molecule has 2 saturated heterocycles. The third-order valence-corrected chi connectivity index (χ3v) is 7.98. The molecule has 0 saturated carbocycles. The summed E-state index contributed by atoms with van der Waals surface area (Å²) in [5, 5.41) is 3.02. The SMILES string of the molecule is CCOc1ccc([C@H](CNC(=O)c2cccc(N3C(=O)CCS3(=O)=O)c2)N2CCCCC2)cc1. The summed E-state index contributed by atoms with van der Waals surface area (Å²) in [6, 6.07) is 14.2. The molecule has 4 rings (SSSR count). The number of carbonyl (C=O) groups is 2. The maximum atomic E-state index is 13.0. The molecule has 8 nitrogen and oxygen atoms in total. The number of rotatable bonds is 8. The fourth-order valence-electron chi connectivity index (χ4n) is 4.57. The number of ether oxygens (including phenoxy) is 1. The molecule has 2 aromatic rings. The predicted octanol–water partition coefficient (Wildman–Crippen LogP) is 3.11. The van der Waals surface area contributed by atoms with Crippen molar-refractivity contribution >= 4 is 27.5 Å². The smallest absolute Gasteiger partial charge is 0.251 e. The highest BCUT2D eigenvalue weighted by Gasteiger charge is 2.36. The first kappa shape index (κ1) is 24.2. The number of benzene rings is 2. The Kier molecular flexibility index (Phi) is 7.53. The molecule has 182 valence electrons. The first-order valence-corrected chi connectivity index (χ1v) is 13.4. The van der Waals surface area contributed by atoms with Crippen LogP contribution in [0.1, 0.15) is 54.6 Å². The van der Waals surface area contributed by atoms with Gasteiger partial charge in [-0.25, -0.2) is 12.7 Å². The highest BCUT2D eigenvalue weighted by atomic mass is 32.2. The minimum Gasteiger partial charge on any atom is -0.494 e. The number of piperidine rings is 1. The molecule has 34 heavy (non-hydrogen) atoms. The molecule has 0 aliphatic carbocycles. The summed E-state index contributed by atoms with van der Waals surface area (Å²) in [5.41, 5.74) is 1.62. The Bertz CT molecular complexity index is 1130. The zero-order valence-corrected chi connectivity index (χ0v) is 20.2. The van der Waals surface area contributed by atoms with Gasteiger partial charge in [0.2, 0.25) is 15.9 Å². The number of sulfonamides is 1. The van der Waals surface area contributed by atoms with E-state index < -0.39 is 15.9 Å². The van der Waals surface area contributed by atoms with Gasteiger partial charge in [-0.1, -0.05) is 24.6 Å². The number of anilines is 1. The van der Waals surface area contributed by atoms with E-state index in [0.29, 0.717) is 18.7 Å². The highest BCUT2D eigenvalue weighted by Crippen LogP contribution is 2.28. The Morgan fingerprint density at radius 1 is 1.09 bits per heavy atom. The van der Waals surface area contributed by atoms with Gasteiger partial charge in [-0.2, -0.15) is 0 Å². The molecule has 2 aliphatic heterocycles. The van der Waals surface area contributed by atoms with Gasteiger partial charge < -0.3 is 10.1 Å². The molecule has 2 fully saturated rings. The van der Waals surface area contributed by atoms with Crippen molar-refractivity contribution in [2.45, 2.75) is 38.6 Å². The Labute approximate surface area is 200 Å². The second-order valence-corrected chi connectivity index (χ2v) is 10.5. The zero-order valence-electron chi connectivity index (χ0n) is 19.4. The van der Waals surface area contributed by atoms with Crippen LogP contribution in [-0.2, 0) is 14.8 Å². The molecule has 0 bridgehead atoms. The van der Waals surface area contributed by atoms with Crippen molar-refractivity contribution in [1.82, 2.24) is 10.2 Å². The molecule has 0 radical (unpaired) electrons. The second kappa shape index (κ2) is 10.6. The van der Waals surface area contributed by atoms with Crippen LogP contribution >= 0.6 is 0 Å². The monoisotopic (exact) mass is 485 g/mol. The van der Waals surface area contributed by atoms with Crippen LogP contribution in [0.3, 0.4) is 0 Å². The summed E-state index contributed by atoms with van der Waals surface area (Å²) in [6.07, 6.45) is 3.42. The summed E-state index contributed by atoms with van der Waals surface area (Å²) in [6.45, 7) is 4.91. The Balaban J connectivity index is 1.50. The van der Waals surface area contributed by atoms with Crippen LogP contribution in [0.15, 0.2) is 48.5 Å². The number of carbonyl (C=O) groups excluding carboxylic acids is 2. The molecule has 1 atom stereocenters. The lowest BCUT2D eigenvalue weighted by molar-refractivity contribution is -0.116. The normalized spacial score (nSPS) is 19.1. The average molecular weight is 486 g/mol. The van der Waals surface area contributed by atoms with Crippen LogP contribution in [0.25, 0.3) is 0 Å². The largest absolute Gasteiger partial charge is 0.494 e. The van der Waals surface area contributed by atoms with Crippen molar-refractivity contribution in [3.8, 4) is 5.75 Å². The van der Waals surface area contributed by atoms with Gasteiger partial charge in [0.1, 0.15) is 5.75 Å². The average Bonchev–Trinajstić information content (AvgIpc) is 3.13. The van der Waals surface area contributed by atoms with Gasteiger partial charge in [-0.05, 0) is 68.8 Å². The topological polar surface area (TPSA) is 96.0 Å². The summed E-state index contributed by atoms with van der Waals surface area (Å²) >= 11 is 0. The zero-order chi connectivity index (χ0) is 24.1. The van der Waals surface area contributed by atoms with Crippen molar-refractivity contribution < 1.29 is 22.7 Å². The van der Waals surface area contributed by atoms with Crippen LogP contribution < -0.4 is 14.4 Å². The lowest BCUT2D eigenvalue weighted by Crippen LogP contribution is -2.40. The molecular formula is C25H31N3O5S. The number of amides is 2. The maximum absolute atomic E-state index is 13.0. The molecule has 2 aromatic carbocycles. The van der Waals surface area contributed by atoms with E-state index in [4.69, 9.17) is 4.74 Å². The van der Waals surface area contributed by atoms with Gasteiger partial charge >= 0.3 is 0 Å². The molecule has 9 heteroatoms. The van der Waals surface area contributed by atoms with E-state index in [2.05, 4.69) is 10.2 Å². The Morgan fingerprint density at radius 2 is 1.82 bits per heavy atom. The van der Waals surface area contributed by atoms with E-state index in [0.717, 1.165) is 41.5 Å². The van der Waals surface area contributed by atoms with E-state index in [-0.39, 0.29) is 29.8 Å². The van der Waals surface area contributed by atoms with Gasteiger partial charge in [-0.15, -0.1) is 0 Å². The van der Waals surface area contributed by atoms with Crippen LogP contribution in [0, 0.1) is 0 Å². The van der Waals surface area contributed by atoms with Crippen molar-refractivity contribution in [2.24, 2.45) is 0 Å². The number of nitrogens with one attached hydrogen (secondary N) is 1. The van der Waals surface area contributed by atoms with Crippen LogP contribution in [0.2, 0.25) is 0 Å². The van der Waals surface area contributed by atoms with E-state index >= 15 is 0 Å². The quantitative estimate of drug-likeness (QED) is 0.617. The molecule has 0 spiro atoms. The standard InChI is InChI=1S/C25H31N3O5S/c1-2-33-22-11-9-19(10-12-22)23(27-14-4-3-5-15-27)18-26-25(30)20-7-6-8-21(17-20)28-24(29)13-16-34(28,31)32/h6-12,17,23H,2-5,13-16,18H2,1H3,(H,26,30)/t23-/m0/s1. The molecule has 2 amide bonds. The van der Waals surface area contributed by atoms with Crippen molar-refractivity contribution in [3.05, 3.63) is 59.7 Å². The summed E-state index contributed by atoms with van der Waals surface area (Å²) in [5.74, 6) is -0.171. The second-order valence-electron chi connectivity index (χ2n) is 8.60. The molecule has 2 heterocycles. The molecule has 1 N–H and O–H groups in total. The number of nitrogens with zero attached hydrogens (tertiary/aromatic N) is 2. The molecule has 0 aromatic heterocycles. The first-order valence-electron chi connectivity index (χ1n) is 11.8. The van der Waals surface area contributed by atoms with Gasteiger partial charge in [-0.3, -0.25) is 14.5 Å². The van der Waals surface area contributed by atoms with Gasteiger partial charge in [0.15, 0.2) is 0 Å². The molecule has 0 unspecified atom stereocenters. The minimum absolute atomic E-state index is 0.0173. The number of hydrogen-bond donors (Lipinski definition) is 1. The van der Waals surface area contributed by atoms with Gasteiger partial charge in [0.25, 0.3) is 5.91 Å². The lowest BCUT2D eigenvalue weighted by Gasteiger charge is -2.35. The van der Waals surface area contributed by atoms with E-state index in [1.807, 2.05) is 31.2 Å². The van der Waals surface area contributed by atoms with E-state index in [1.54, 1.807) is 12.1 Å². The molecular weight excluding hydrogens is 454 g/mol. The van der Waals surface area contributed by atoms with Crippen LogP contribution in [0.5, 0.6) is 5.75 Å². The van der Waals surface area contributed by atoms with E-state index in [1.165, 1.54) is 18.6 Å². The third kappa shape index (κ3) is 5.42.